The average Bonchev–Trinajstić information content (AvgIpc) is 1.98. The third-order valence-electron chi connectivity index (χ3n) is 1.23. The Bertz CT molecular complexity index is 283. The van der Waals surface area contributed by atoms with Gasteiger partial charge in [-0.25, -0.2) is 0 Å². The maximum atomic E-state index is 5.54. The minimum Gasteiger partial charge on any atom is -0.398 e. The lowest BCUT2D eigenvalue weighted by molar-refractivity contribution is 1.16. The van der Waals surface area contributed by atoms with Gasteiger partial charge in [0.05, 0.1) is 5.69 Å². The smallest absolute Gasteiger partial charge is 0.0865 e. The third kappa shape index (κ3) is 1.94. The van der Waals surface area contributed by atoms with E-state index in [2.05, 4.69) is 22.9 Å². The Labute approximate surface area is 70.7 Å². The lowest BCUT2D eigenvalue weighted by Crippen LogP contribution is -1.84. The van der Waals surface area contributed by atoms with E-state index >= 15 is 0 Å². The number of thiol groups is 1. The van der Waals surface area contributed by atoms with Gasteiger partial charge in [0, 0.05) is 17.6 Å². The molecular formula is C7H9N3S. The molecule has 0 aliphatic carbocycles. The van der Waals surface area contributed by atoms with Crippen LogP contribution in [0.4, 0.5) is 11.4 Å². The second-order valence-corrected chi connectivity index (χ2v) is 2.52. The molecule has 0 saturated carbocycles. The minimum absolute atomic E-state index is 0.656. The summed E-state index contributed by atoms with van der Waals surface area (Å²) in [6.45, 7) is 0. The largest absolute Gasteiger partial charge is 0.398 e. The Morgan fingerprint density at radius 1 is 1.45 bits per heavy atom. The van der Waals surface area contributed by atoms with Gasteiger partial charge in [-0.05, 0) is 18.2 Å². The summed E-state index contributed by atoms with van der Waals surface area (Å²) >= 11 is 4.13. The Morgan fingerprint density at radius 3 is 2.73 bits per heavy atom. The van der Waals surface area contributed by atoms with Crippen LogP contribution in [0.3, 0.4) is 0 Å². The number of anilines is 1. The molecule has 1 aromatic carbocycles. The zero-order chi connectivity index (χ0) is 8.27. The van der Waals surface area contributed by atoms with Gasteiger partial charge in [-0.3, -0.25) is 0 Å². The van der Waals surface area contributed by atoms with E-state index < -0.39 is 0 Å². The molecule has 0 aliphatic rings. The molecule has 2 N–H and O–H groups in total. The van der Waals surface area contributed by atoms with Crippen LogP contribution in [0.25, 0.3) is 0 Å². The highest BCUT2D eigenvalue weighted by atomic mass is 32.1. The van der Waals surface area contributed by atoms with Crippen LogP contribution in [-0.2, 0) is 0 Å². The van der Waals surface area contributed by atoms with E-state index in [0.29, 0.717) is 5.69 Å². The predicted octanol–water partition coefficient (Wildman–Crippen LogP) is 2.27. The molecule has 0 fully saturated rings. The van der Waals surface area contributed by atoms with Gasteiger partial charge in [-0.1, -0.05) is 0 Å². The predicted molar refractivity (Wildman–Crippen MR) is 48.5 cm³/mol. The summed E-state index contributed by atoms with van der Waals surface area (Å²) in [6.07, 6.45) is 0. The van der Waals surface area contributed by atoms with Crippen molar-refractivity contribution in [3.05, 3.63) is 18.2 Å². The van der Waals surface area contributed by atoms with E-state index in [-0.39, 0.29) is 0 Å². The SMILES string of the molecule is CN=Nc1ccc(N)c(S)c1. The number of nitrogen functional groups attached to an aromatic ring is 1. The zero-order valence-electron chi connectivity index (χ0n) is 6.15. The molecule has 0 bridgehead atoms. The highest BCUT2D eigenvalue weighted by molar-refractivity contribution is 7.80. The maximum Gasteiger partial charge on any atom is 0.0865 e. The third-order valence-corrected chi connectivity index (χ3v) is 1.62. The molecule has 1 aromatic rings. The van der Waals surface area contributed by atoms with Crippen molar-refractivity contribution in [1.82, 2.24) is 0 Å². The van der Waals surface area contributed by atoms with E-state index in [1.165, 1.54) is 0 Å². The van der Waals surface area contributed by atoms with Crippen LogP contribution in [0.5, 0.6) is 0 Å². The summed E-state index contributed by atoms with van der Waals surface area (Å²) in [5, 5.41) is 7.46. The molecule has 0 amide bonds. The van der Waals surface area contributed by atoms with Crippen molar-refractivity contribution in [3.63, 3.8) is 0 Å². The van der Waals surface area contributed by atoms with Crippen molar-refractivity contribution >= 4 is 24.0 Å². The van der Waals surface area contributed by atoms with Crippen molar-refractivity contribution < 1.29 is 0 Å². The van der Waals surface area contributed by atoms with Gasteiger partial charge in [0.2, 0.25) is 0 Å². The van der Waals surface area contributed by atoms with Gasteiger partial charge < -0.3 is 5.73 Å². The molecule has 4 heteroatoms. The summed E-state index contributed by atoms with van der Waals surface area (Å²) in [6, 6.07) is 5.32. The first kappa shape index (κ1) is 8.07. The zero-order valence-corrected chi connectivity index (χ0v) is 7.05. The molecule has 11 heavy (non-hydrogen) atoms. The quantitative estimate of drug-likeness (QED) is 0.376. The molecule has 0 saturated heterocycles. The lowest BCUT2D eigenvalue weighted by atomic mass is 10.3. The number of hydrogen-bond acceptors (Lipinski definition) is 4. The Hall–Kier alpha value is -1.03. The van der Waals surface area contributed by atoms with Crippen molar-refractivity contribution in [2.24, 2.45) is 10.2 Å². The molecule has 0 unspecified atom stereocenters. The molecule has 0 aliphatic heterocycles. The second-order valence-electron chi connectivity index (χ2n) is 2.04. The first-order chi connectivity index (χ1) is 5.24. The van der Waals surface area contributed by atoms with Crippen molar-refractivity contribution in [2.45, 2.75) is 4.90 Å². The minimum atomic E-state index is 0.656. The average molecular weight is 167 g/mol. The van der Waals surface area contributed by atoms with Crippen LogP contribution in [0.15, 0.2) is 33.3 Å². The Balaban J connectivity index is 3.05. The van der Waals surface area contributed by atoms with Crippen LogP contribution in [-0.4, -0.2) is 7.05 Å². The summed E-state index contributed by atoms with van der Waals surface area (Å²) in [7, 11) is 1.62. The summed E-state index contributed by atoms with van der Waals surface area (Å²) < 4.78 is 0. The summed E-state index contributed by atoms with van der Waals surface area (Å²) in [4.78, 5) is 0.731. The van der Waals surface area contributed by atoms with Gasteiger partial charge in [-0.15, -0.1) is 12.6 Å². The number of hydrogen-bond donors (Lipinski definition) is 2. The van der Waals surface area contributed by atoms with Crippen LogP contribution in [0.1, 0.15) is 0 Å². The van der Waals surface area contributed by atoms with Gasteiger partial charge in [0.25, 0.3) is 0 Å². The molecule has 3 nitrogen and oxygen atoms in total. The molecule has 0 radical (unpaired) electrons. The molecule has 0 heterocycles. The van der Waals surface area contributed by atoms with Gasteiger partial charge in [-0.2, -0.15) is 10.2 Å². The fourth-order valence-corrected chi connectivity index (χ4v) is 0.917. The van der Waals surface area contributed by atoms with Crippen LogP contribution in [0.2, 0.25) is 0 Å². The first-order valence-electron chi connectivity index (χ1n) is 3.12. The van der Waals surface area contributed by atoms with Gasteiger partial charge >= 0.3 is 0 Å². The molecule has 0 spiro atoms. The summed E-state index contributed by atoms with van der Waals surface area (Å²) in [5.41, 5.74) is 6.96. The monoisotopic (exact) mass is 167 g/mol. The fraction of sp³-hybridized carbons (Fsp3) is 0.143. The molecule has 1 rings (SSSR count). The van der Waals surface area contributed by atoms with Crippen molar-refractivity contribution in [1.29, 1.82) is 0 Å². The van der Waals surface area contributed by atoms with Crippen LogP contribution < -0.4 is 5.73 Å². The normalized spacial score (nSPS) is 10.7. The summed E-state index contributed by atoms with van der Waals surface area (Å²) in [5.74, 6) is 0. The van der Waals surface area contributed by atoms with Crippen LogP contribution in [0, 0.1) is 0 Å². The molecular weight excluding hydrogens is 158 g/mol. The van der Waals surface area contributed by atoms with E-state index in [4.69, 9.17) is 5.73 Å². The Kier molecular flexibility index (Phi) is 2.48. The van der Waals surface area contributed by atoms with Crippen molar-refractivity contribution in [3.8, 4) is 0 Å². The highest BCUT2D eigenvalue weighted by Gasteiger charge is 1.94. The highest BCUT2D eigenvalue weighted by Crippen LogP contribution is 2.22. The van der Waals surface area contributed by atoms with Gasteiger partial charge in [0.15, 0.2) is 0 Å². The Morgan fingerprint density at radius 2 is 2.18 bits per heavy atom. The number of azo groups is 1. The second kappa shape index (κ2) is 3.39. The van der Waals surface area contributed by atoms with E-state index in [9.17, 15) is 0 Å². The number of rotatable bonds is 1. The van der Waals surface area contributed by atoms with Crippen LogP contribution >= 0.6 is 12.6 Å². The standard InChI is InChI=1S/C7H9N3S/c1-9-10-5-2-3-6(8)7(11)4-5/h2-4,11H,8H2,1H3. The first-order valence-corrected chi connectivity index (χ1v) is 3.57. The van der Waals surface area contributed by atoms with Gasteiger partial charge in [0.1, 0.15) is 0 Å². The molecule has 58 valence electrons. The molecule has 0 aromatic heterocycles. The number of benzene rings is 1. The van der Waals surface area contributed by atoms with E-state index in [1.807, 2.05) is 0 Å². The van der Waals surface area contributed by atoms with E-state index in [1.54, 1.807) is 25.2 Å². The lowest BCUT2D eigenvalue weighted by Gasteiger charge is -1.97. The van der Waals surface area contributed by atoms with Crippen molar-refractivity contribution in [2.75, 3.05) is 12.8 Å². The fourth-order valence-electron chi connectivity index (χ4n) is 0.710. The van der Waals surface area contributed by atoms with E-state index in [0.717, 1.165) is 10.6 Å². The number of nitrogens with zero attached hydrogens (tertiary/aromatic N) is 2. The maximum absolute atomic E-state index is 5.54. The molecule has 0 atom stereocenters. The topological polar surface area (TPSA) is 50.7 Å². The number of nitrogens with two attached hydrogens (primary N) is 1.